The molecular formula is C27H26N4O4. The van der Waals surface area contributed by atoms with Crippen LogP contribution < -0.4 is 20.5 Å². The lowest BCUT2D eigenvalue weighted by molar-refractivity contribution is 0.102. The zero-order valence-electron chi connectivity index (χ0n) is 19.7. The molecule has 0 unspecified atom stereocenters. The van der Waals surface area contributed by atoms with Crippen LogP contribution in [0.1, 0.15) is 10.4 Å². The molecule has 178 valence electrons. The van der Waals surface area contributed by atoms with Crippen LogP contribution in [-0.2, 0) is 11.8 Å². The highest BCUT2D eigenvalue weighted by Crippen LogP contribution is 2.34. The number of rotatable bonds is 5. The summed E-state index contributed by atoms with van der Waals surface area (Å²) < 4.78 is 12.3. The van der Waals surface area contributed by atoms with Crippen molar-refractivity contribution in [3.63, 3.8) is 0 Å². The van der Waals surface area contributed by atoms with Crippen LogP contribution in [0.15, 0.2) is 71.5 Å². The Kier molecular flexibility index (Phi) is 6.20. The molecule has 8 heteroatoms. The van der Waals surface area contributed by atoms with Crippen molar-refractivity contribution in [1.82, 2.24) is 9.78 Å². The molecule has 0 bridgehead atoms. The van der Waals surface area contributed by atoms with Crippen molar-refractivity contribution >= 4 is 28.1 Å². The molecule has 0 atom stereocenters. The van der Waals surface area contributed by atoms with Gasteiger partial charge < -0.3 is 19.7 Å². The Labute approximate surface area is 202 Å². The van der Waals surface area contributed by atoms with Crippen molar-refractivity contribution in [2.24, 2.45) is 7.05 Å². The van der Waals surface area contributed by atoms with Crippen LogP contribution in [-0.4, -0.2) is 49.1 Å². The van der Waals surface area contributed by atoms with E-state index in [2.05, 4.69) is 15.3 Å². The lowest BCUT2D eigenvalue weighted by atomic mass is 10.0. The first-order valence-electron chi connectivity index (χ1n) is 11.4. The van der Waals surface area contributed by atoms with E-state index >= 15 is 0 Å². The van der Waals surface area contributed by atoms with Crippen molar-refractivity contribution in [1.29, 1.82) is 0 Å². The molecule has 1 saturated heterocycles. The number of hydrogen-bond acceptors (Lipinski definition) is 6. The van der Waals surface area contributed by atoms with E-state index in [0.717, 1.165) is 29.7 Å². The maximum absolute atomic E-state index is 13.3. The van der Waals surface area contributed by atoms with Gasteiger partial charge in [-0.3, -0.25) is 9.59 Å². The van der Waals surface area contributed by atoms with Gasteiger partial charge in [0.15, 0.2) is 0 Å². The minimum absolute atomic E-state index is 0.154. The highest BCUT2D eigenvalue weighted by Gasteiger charge is 2.20. The van der Waals surface area contributed by atoms with E-state index in [1.165, 1.54) is 4.68 Å². The number of carbonyl (C=O) groups excluding carboxylic acids is 1. The molecular weight excluding hydrogens is 444 g/mol. The summed E-state index contributed by atoms with van der Waals surface area (Å²) >= 11 is 0. The zero-order valence-corrected chi connectivity index (χ0v) is 19.7. The van der Waals surface area contributed by atoms with E-state index < -0.39 is 0 Å². The van der Waals surface area contributed by atoms with Gasteiger partial charge in [-0.05, 0) is 30.3 Å². The summed E-state index contributed by atoms with van der Waals surface area (Å²) in [4.78, 5) is 28.1. The molecule has 0 radical (unpaired) electrons. The number of fused-ring (bicyclic) bond motifs is 1. The number of carbonyl (C=O) groups is 1. The van der Waals surface area contributed by atoms with Gasteiger partial charge >= 0.3 is 0 Å². The van der Waals surface area contributed by atoms with E-state index in [0.29, 0.717) is 41.3 Å². The highest BCUT2D eigenvalue weighted by atomic mass is 16.5. The Balaban J connectivity index is 1.62. The molecule has 1 aliphatic rings. The average molecular weight is 471 g/mol. The topological polar surface area (TPSA) is 85.7 Å². The second-order valence-corrected chi connectivity index (χ2v) is 8.31. The number of nitrogens with zero attached hydrogens (tertiary/aromatic N) is 3. The molecule has 0 spiro atoms. The quantitative estimate of drug-likeness (QED) is 0.479. The van der Waals surface area contributed by atoms with Gasteiger partial charge in [0.1, 0.15) is 5.75 Å². The van der Waals surface area contributed by atoms with Crippen LogP contribution in [0, 0.1) is 0 Å². The van der Waals surface area contributed by atoms with Gasteiger partial charge in [0.2, 0.25) is 0 Å². The number of benzene rings is 3. The van der Waals surface area contributed by atoms with Gasteiger partial charge in [-0.2, -0.15) is 5.10 Å². The number of amides is 1. The monoisotopic (exact) mass is 470 g/mol. The fourth-order valence-electron chi connectivity index (χ4n) is 4.40. The van der Waals surface area contributed by atoms with Crippen molar-refractivity contribution in [3.8, 4) is 17.0 Å². The molecule has 2 heterocycles. The maximum atomic E-state index is 13.3. The minimum atomic E-state index is -0.271. The van der Waals surface area contributed by atoms with Gasteiger partial charge in [0, 0.05) is 31.1 Å². The van der Waals surface area contributed by atoms with Crippen LogP contribution in [0.3, 0.4) is 0 Å². The number of methoxy groups -OCH3 is 1. The summed E-state index contributed by atoms with van der Waals surface area (Å²) in [7, 11) is 3.19. The summed E-state index contributed by atoms with van der Waals surface area (Å²) in [5, 5.41) is 9.00. The van der Waals surface area contributed by atoms with E-state index in [9.17, 15) is 9.59 Å². The molecule has 3 aromatic carbocycles. The fourth-order valence-corrected chi connectivity index (χ4v) is 4.40. The minimum Gasteiger partial charge on any atom is -0.496 e. The molecule has 8 nitrogen and oxygen atoms in total. The summed E-state index contributed by atoms with van der Waals surface area (Å²) in [6.45, 7) is 2.68. The Morgan fingerprint density at radius 2 is 1.71 bits per heavy atom. The van der Waals surface area contributed by atoms with Crippen molar-refractivity contribution in [3.05, 3.63) is 82.6 Å². The third kappa shape index (κ3) is 4.36. The Bertz CT molecular complexity index is 1460. The number of para-hydroxylation sites is 1. The molecule has 35 heavy (non-hydrogen) atoms. The van der Waals surface area contributed by atoms with Crippen LogP contribution in [0.25, 0.3) is 22.0 Å². The summed E-state index contributed by atoms with van der Waals surface area (Å²) in [6.07, 6.45) is 0. The molecule has 0 aliphatic carbocycles. The van der Waals surface area contributed by atoms with Crippen molar-refractivity contribution in [2.75, 3.05) is 43.6 Å². The Morgan fingerprint density at radius 1 is 1.00 bits per heavy atom. The first-order valence-corrected chi connectivity index (χ1v) is 11.4. The number of aromatic nitrogens is 2. The standard InChI is InChI=1S/C27H26N4O4/c1-30-27(33)20-8-4-3-7-19(20)25(29-30)18-11-12-23(31-13-15-35-16-14-31)22(17-18)28-26(32)21-9-5-6-10-24(21)34-2/h3-12,17H,13-16H2,1-2H3,(H,28,32). The zero-order chi connectivity index (χ0) is 24.4. The lowest BCUT2D eigenvalue weighted by Gasteiger charge is -2.31. The van der Waals surface area contributed by atoms with Crippen LogP contribution in [0.5, 0.6) is 5.75 Å². The van der Waals surface area contributed by atoms with E-state index in [1.807, 2.05) is 42.5 Å². The Hall–Kier alpha value is -4.17. The molecule has 4 aromatic rings. The number of nitrogens with one attached hydrogen (secondary N) is 1. The molecule has 1 aliphatic heterocycles. The SMILES string of the molecule is COc1ccccc1C(=O)Nc1cc(-c2nn(C)c(=O)c3ccccc23)ccc1N1CCOCC1. The van der Waals surface area contributed by atoms with Crippen molar-refractivity contribution < 1.29 is 14.3 Å². The predicted octanol–water partition coefficient (Wildman–Crippen LogP) is 3.70. The van der Waals surface area contributed by atoms with E-state index in [1.54, 1.807) is 38.4 Å². The first-order chi connectivity index (χ1) is 17.1. The maximum Gasteiger partial charge on any atom is 0.274 e. The van der Waals surface area contributed by atoms with Crippen LogP contribution in [0.4, 0.5) is 11.4 Å². The summed E-state index contributed by atoms with van der Waals surface area (Å²) in [5.74, 6) is 0.229. The molecule has 0 saturated carbocycles. The number of ether oxygens (including phenoxy) is 2. The molecule has 1 amide bonds. The van der Waals surface area contributed by atoms with Crippen LogP contribution >= 0.6 is 0 Å². The number of hydrogen-bond donors (Lipinski definition) is 1. The molecule has 1 N–H and O–H groups in total. The normalized spacial score (nSPS) is 13.6. The van der Waals surface area contributed by atoms with Gasteiger partial charge in [-0.15, -0.1) is 0 Å². The second-order valence-electron chi connectivity index (χ2n) is 8.31. The molecule has 1 aromatic heterocycles. The summed E-state index contributed by atoms with van der Waals surface area (Å²) in [5.41, 5.74) is 3.31. The average Bonchev–Trinajstić information content (AvgIpc) is 2.91. The highest BCUT2D eigenvalue weighted by molar-refractivity contribution is 6.08. The molecule has 5 rings (SSSR count). The van der Waals surface area contributed by atoms with Gasteiger partial charge in [-0.1, -0.05) is 36.4 Å². The lowest BCUT2D eigenvalue weighted by Crippen LogP contribution is -2.36. The first kappa shape index (κ1) is 22.6. The van der Waals surface area contributed by atoms with E-state index in [4.69, 9.17) is 9.47 Å². The number of aryl methyl sites for hydroxylation is 1. The third-order valence-corrected chi connectivity index (χ3v) is 6.18. The largest absolute Gasteiger partial charge is 0.496 e. The van der Waals surface area contributed by atoms with Crippen LogP contribution in [0.2, 0.25) is 0 Å². The van der Waals surface area contributed by atoms with Gasteiger partial charge in [-0.25, -0.2) is 4.68 Å². The van der Waals surface area contributed by atoms with Gasteiger partial charge in [0.05, 0.1) is 48.3 Å². The molecule has 1 fully saturated rings. The number of anilines is 2. The van der Waals surface area contributed by atoms with Crippen molar-refractivity contribution in [2.45, 2.75) is 0 Å². The van der Waals surface area contributed by atoms with Gasteiger partial charge in [0.25, 0.3) is 11.5 Å². The predicted molar refractivity (Wildman–Crippen MR) is 136 cm³/mol. The fraction of sp³-hybridized carbons (Fsp3) is 0.222. The number of morpholine rings is 1. The second kappa shape index (κ2) is 9.60. The third-order valence-electron chi connectivity index (χ3n) is 6.18. The summed E-state index contributed by atoms with van der Waals surface area (Å²) in [6, 6.07) is 20.4. The van der Waals surface area contributed by atoms with E-state index in [-0.39, 0.29) is 11.5 Å². The Morgan fingerprint density at radius 3 is 2.49 bits per heavy atom. The smallest absolute Gasteiger partial charge is 0.274 e.